The Kier molecular flexibility index (Phi) is 3.38. The van der Waals surface area contributed by atoms with Crippen molar-refractivity contribution < 1.29 is 4.79 Å². The fourth-order valence-electron chi connectivity index (χ4n) is 1.71. The Morgan fingerprint density at radius 1 is 1.29 bits per heavy atom. The number of carbonyl (C=O) groups excluding carboxylic acids is 1. The van der Waals surface area contributed by atoms with Crippen LogP contribution in [0.25, 0.3) is 0 Å². The largest absolute Gasteiger partial charge is 0.309 e. The number of hydrogen-bond donors (Lipinski definition) is 1. The normalized spacial score (nSPS) is 27.7. The van der Waals surface area contributed by atoms with E-state index in [0.29, 0.717) is 10.6 Å². The molecule has 0 unspecified atom stereocenters. The molecular weight excluding hydrogens is 257 g/mol. The zero-order chi connectivity index (χ0) is 12.5. The van der Waals surface area contributed by atoms with Gasteiger partial charge in [-0.2, -0.15) is 0 Å². The van der Waals surface area contributed by atoms with Crippen LogP contribution in [0.15, 0.2) is 53.6 Å². The van der Waals surface area contributed by atoms with Crippen LogP contribution in [0.4, 0.5) is 0 Å². The molecular formula is C13H11Cl2NO. The zero-order valence-corrected chi connectivity index (χ0v) is 10.4. The Hall–Kier alpha value is -1.09. The van der Waals surface area contributed by atoms with Crippen molar-refractivity contribution >= 4 is 29.0 Å². The van der Waals surface area contributed by atoms with Crippen LogP contribution in [0.2, 0.25) is 0 Å². The van der Waals surface area contributed by atoms with Gasteiger partial charge in [-0.25, -0.2) is 0 Å². The van der Waals surface area contributed by atoms with Crippen LogP contribution >= 0.6 is 23.2 Å². The number of halogens is 2. The standard InChI is InChI=1S/C13H11Cl2NO/c14-10-6-7-13(15,16)11(8-10)12(17)9-4-2-1-3-5-9/h1-8,11H,16H2/t11-,13-/m1/s1. The predicted octanol–water partition coefficient (Wildman–Crippen LogP) is 3.07. The van der Waals surface area contributed by atoms with Crippen molar-refractivity contribution in [3.63, 3.8) is 0 Å². The van der Waals surface area contributed by atoms with Crippen LogP contribution in [0.3, 0.4) is 0 Å². The Morgan fingerprint density at radius 3 is 2.59 bits per heavy atom. The molecule has 2 atom stereocenters. The maximum Gasteiger partial charge on any atom is 0.173 e. The molecule has 17 heavy (non-hydrogen) atoms. The maximum absolute atomic E-state index is 12.3. The van der Waals surface area contributed by atoms with E-state index in [1.54, 1.807) is 42.5 Å². The molecule has 1 aliphatic rings. The number of hydrogen-bond acceptors (Lipinski definition) is 2. The number of allylic oxidation sites excluding steroid dienone is 2. The molecule has 0 aliphatic heterocycles. The van der Waals surface area contributed by atoms with Crippen molar-refractivity contribution in [2.75, 3.05) is 0 Å². The van der Waals surface area contributed by atoms with E-state index in [1.807, 2.05) is 6.07 Å². The third kappa shape index (κ3) is 2.60. The molecule has 1 aromatic carbocycles. The topological polar surface area (TPSA) is 43.1 Å². The van der Waals surface area contributed by atoms with Gasteiger partial charge in [-0.1, -0.05) is 59.6 Å². The minimum atomic E-state index is -1.22. The minimum absolute atomic E-state index is 0.134. The van der Waals surface area contributed by atoms with Gasteiger partial charge in [-0.15, -0.1) is 0 Å². The van der Waals surface area contributed by atoms with Crippen LogP contribution in [0, 0.1) is 5.92 Å². The molecule has 2 rings (SSSR count). The third-order valence-corrected chi connectivity index (χ3v) is 3.25. The van der Waals surface area contributed by atoms with Gasteiger partial charge in [0.05, 0.1) is 5.92 Å². The first kappa shape index (κ1) is 12.4. The van der Waals surface area contributed by atoms with Gasteiger partial charge in [-0.05, 0) is 12.2 Å². The number of Topliss-reactive ketones (excluding diaryl/α,β-unsaturated/α-hetero) is 1. The van der Waals surface area contributed by atoms with Crippen LogP contribution in [-0.2, 0) is 0 Å². The van der Waals surface area contributed by atoms with Crippen molar-refractivity contribution in [2.24, 2.45) is 11.7 Å². The second-order valence-corrected chi connectivity index (χ2v) is 5.01. The lowest BCUT2D eigenvalue weighted by Gasteiger charge is -2.28. The molecule has 4 heteroatoms. The van der Waals surface area contributed by atoms with Crippen LogP contribution in [0.1, 0.15) is 10.4 Å². The highest BCUT2D eigenvalue weighted by Gasteiger charge is 2.37. The first-order valence-electron chi connectivity index (χ1n) is 5.14. The van der Waals surface area contributed by atoms with Crippen molar-refractivity contribution in [3.8, 4) is 0 Å². The van der Waals surface area contributed by atoms with Gasteiger partial charge >= 0.3 is 0 Å². The average Bonchev–Trinajstić information content (AvgIpc) is 2.33. The highest BCUT2D eigenvalue weighted by atomic mass is 35.5. The number of rotatable bonds is 2. The molecule has 2 nitrogen and oxygen atoms in total. The first-order chi connectivity index (χ1) is 8.00. The molecule has 0 spiro atoms. The number of alkyl halides is 1. The third-order valence-electron chi connectivity index (χ3n) is 2.64. The van der Waals surface area contributed by atoms with Gasteiger partial charge in [0.15, 0.2) is 5.78 Å². The summed E-state index contributed by atoms with van der Waals surface area (Å²) in [6.07, 6.45) is 4.73. The van der Waals surface area contributed by atoms with Crippen molar-refractivity contribution in [1.29, 1.82) is 0 Å². The fourth-order valence-corrected chi connectivity index (χ4v) is 2.13. The summed E-state index contributed by atoms with van der Waals surface area (Å²) in [5, 5.41) is 0.473. The van der Waals surface area contributed by atoms with Gasteiger partial charge in [0.25, 0.3) is 0 Å². The van der Waals surface area contributed by atoms with Crippen LogP contribution in [-0.4, -0.2) is 10.8 Å². The SMILES string of the molecule is N[C@]1(Cl)C=CC(Cl)=C[C@@H]1C(=O)c1ccccc1. The van der Waals surface area contributed by atoms with E-state index in [4.69, 9.17) is 28.9 Å². The maximum atomic E-state index is 12.3. The number of ketones is 1. The van der Waals surface area contributed by atoms with Gasteiger partial charge < -0.3 is 5.73 Å². The molecule has 0 fully saturated rings. The molecule has 88 valence electrons. The van der Waals surface area contributed by atoms with E-state index in [2.05, 4.69) is 0 Å². The molecule has 2 N–H and O–H groups in total. The molecule has 0 saturated carbocycles. The molecule has 0 amide bonds. The number of benzene rings is 1. The second kappa shape index (κ2) is 4.65. The molecule has 0 heterocycles. The van der Waals surface area contributed by atoms with E-state index < -0.39 is 10.9 Å². The Balaban J connectivity index is 2.34. The Bertz CT molecular complexity index is 491. The van der Waals surface area contributed by atoms with Gasteiger partial charge in [0.2, 0.25) is 0 Å². The zero-order valence-electron chi connectivity index (χ0n) is 8.94. The highest BCUT2D eigenvalue weighted by Crippen LogP contribution is 2.32. The van der Waals surface area contributed by atoms with Gasteiger partial charge in [-0.3, -0.25) is 4.79 Å². The lowest BCUT2D eigenvalue weighted by atomic mass is 9.87. The Morgan fingerprint density at radius 2 is 1.94 bits per heavy atom. The quantitative estimate of drug-likeness (QED) is 0.509. The second-order valence-electron chi connectivity index (χ2n) is 3.92. The summed E-state index contributed by atoms with van der Waals surface area (Å²) in [6, 6.07) is 8.90. The number of carbonyl (C=O) groups is 1. The highest BCUT2D eigenvalue weighted by molar-refractivity contribution is 6.33. The summed E-state index contributed by atoms with van der Waals surface area (Å²) in [6.45, 7) is 0. The van der Waals surface area contributed by atoms with Crippen molar-refractivity contribution in [1.82, 2.24) is 0 Å². The molecule has 0 bridgehead atoms. The smallest absolute Gasteiger partial charge is 0.173 e. The summed E-state index contributed by atoms with van der Waals surface area (Å²) in [7, 11) is 0. The summed E-state index contributed by atoms with van der Waals surface area (Å²) in [5.41, 5.74) is 6.45. The molecule has 1 aromatic rings. The lowest BCUT2D eigenvalue weighted by Crippen LogP contribution is -2.44. The Labute approximate surface area is 110 Å². The monoisotopic (exact) mass is 267 g/mol. The van der Waals surface area contributed by atoms with Crippen molar-refractivity contribution in [3.05, 3.63) is 59.2 Å². The molecule has 0 saturated heterocycles. The van der Waals surface area contributed by atoms with E-state index in [9.17, 15) is 4.79 Å². The van der Waals surface area contributed by atoms with E-state index in [-0.39, 0.29) is 5.78 Å². The molecule has 0 aromatic heterocycles. The summed E-state index contributed by atoms with van der Waals surface area (Å²) < 4.78 is 0. The van der Waals surface area contributed by atoms with E-state index in [1.165, 1.54) is 0 Å². The van der Waals surface area contributed by atoms with E-state index >= 15 is 0 Å². The minimum Gasteiger partial charge on any atom is -0.309 e. The summed E-state index contributed by atoms with van der Waals surface area (Å²) in [4.78, 5) is 11.0. The van der Waals surface area contributed by atoms with E-state index in [0.717, 1.165) is 0 Å². The van der Waals surface area contributed by atoms with Gasteiger partial charge in [0, 0.05) is 10.6 Å². The summed E-state index contributed by atoms with van der Waals surface area (Å²) >= 11 is 12.0. The first-order valence-corrected chi connectivity index (χ1v) is 5.90. The molecule has 1 aliphatic carbocycles. The van der Waals surface area contributed by atoms with Crippen LogP contribution < -0.4 is 5.73 Å². The average molecular weight is 268 g/mol. The van der Waals surface area contributed by atoms with Crippen LogP contribution in [0.5, 0.6) is 0 Å². The summed E-state index contributed by atoms with van der Waals surface area (Å²) in [5.74, 6) is -0.783. The lowest BCUT2D eigenvalue weighted by molar-refractivity contribution is 0.0930. The van der Waals surface area contributed by atoms with Crippen molar-refractivity contribution in [2.45, 2.75) is 5.00 Å². The predicted molar refractivity (Wildman–Crippen MR) is 70.1 cm³/mol. The molecule has 0 radical (unpaired) electrons. The fraction of sp³-hybridized carbons (Fsp3) is 0.154. The number of nitrogens with two attached hydrogens (primary N) is 1. The van der Waals surface area contributed by atoms with Gasteiger partial charge in [0.1, 0.15) is 5.00 Å².